The van der Waals surface area contributed by atoms with E-state index in [0.717, 1.165) is 22.3 Å². The van der Waals surface area contributed by atoms with Gasteiger partial charge >= 0.3 is 0 Å². The SMILES string of the molecule is C=Cc1ccc(COCC(O)COc2ccc3nn(-c4cc(C)cc(C(C)(C)C)c4O)nc3c2)cc1. The number of hydrogen-bond acceptors (Lipinski definition) is 6. The van der Waals surface area contributed by atoms with Crippen molar-refractivity contribution >= 4 is 17.1 Å². The molecule has 3 aromatic carbocycles. The van der Waals surface area contributed by atoms with E-state index in [1.54, 1.807) is 18.2 Å². The van der Waals surface area contributed by atoms with Crippen molar-refractivity contribution in [1.82, 2.24) is 15.0 Å². The van der Waals surface area contributed by atoms with Gasteiger partial charge in [0.1, 0.15) is 40.9 Å². The van der Waals surface area contributed by atoms with Gasteiger partial charge in [-0.15, -0.1) is 15.0 Å². The van der Waals surface area contributed by atoms with Gasteiger partial charge < -0.3 is 19.7 Å². The van der Waals surface area contributed by atoms with E-state index in [0.29, 0.717) is 29.1 Å². The number of phenols is 1. The number of aromatic hydroxyl groups is 1. The van der Waals surface area contributed by atoms with Crippen molar-refractivity contribution in [1.29, 1.82) is 0 Å². The molecule has 7 nitrogen and oxygen atoms in total. The van der Waals surface area contributed by atoms with Crippen LogP contribution in [0.15, 0.2) is 61.2 Å². The standard InChI is InChI=1S/C29H33N3O4/c1-6-20-7-9-21(10-8-20)16-35-17-22(33)18-36-23-11-12-25-26(15-23)31-32(30-25)27-14-19(2)13-24(28(27)34)29(3,4)5/h6-15,22,33-34H,1,16-18H2,2-5H3. The van der Waals surface area contributed by atoms with Crippen LogP contribution in [-0.4, -0.2) is 44.5 Å². The van der Waals surface area contributed by atoms with Gasteiger partial charge in [0, 0.05) is 11.6 Å². The van der Waals surface area contributed by atoms with Crippen molar-refractivity contribution in [3.63, 3.8) is 0 Å². The molecule has 0 spiro atoms. The van der Waals surface area contributed by atoms with Crippen LogP contribution in [0.25, 0.3) is 22.8 Å². The zero-order valence-corrected chi connectivity index (χ0v) is 21.2. The fourth-order valence-electron chi connectivity index (χ4n) is 3.88. The maximum Gasteiger partial charge on any atom is 0.146 e. The fourth-order valence-corrected chi connectivity index (χ4v) is 3.88. The highest BCUT2D eigenvalue weighted by Crippen LogP contribution is 2.36. The number of aryl methyl sites for hydroxylation is 1. The zero-order valence-electron chi connectivity index (χ0n) is 21.2. The number of phenolic OH excluding ortho intramolecular Hbond substituents is 1. The number of nitrogens with zero attached hydrogens (tertiary/aromatic N) is 3. The largest absolute Gasteiger partial charge is 0.505 e. The average Bonchev–Trinajstić information content (AvgIpc) is 3.27. The highest BCUT2D eigenvalue weighted by atomic mass is 16.5. The molecule has 1 heterocycles. The van der Waals surface area contributed by atoms with Gasteiger partial charge in [0.05, 0.1) is 13.2 Å². The maximum absolute atomic E-state index is 10.9. The Bertz CT molecular complexity index is 1350. The number of benzene rings is 3. The minimum Gasteiger partial charge on any atom is -0.505 e. The molecule has 4 aromatic rings. The van der Waals surface area contributed by atoms with Crippen LogP contribution < -0.4 is 4.74 Å². The smallest absolute Gasteiger partial charge is 0.146 e. The topological polar surface area (TPSA) is 89.6 Å². The van der Waals surface area contributed by atoms with E-state index in [1.807, 2.05) is 49.4 Å². The first-order valence-corrected chi connectivity index (χ1v) is 12.0. The van der Waals surface area contributed by atoms with Crippen molar-refractivity contribution in [2.75, 3.05) is 13.2 Å². The molecule has 188 valence electrons. The van der Waals surface area contributed by atoms with Crippen LogP contribution in [0.1, 0.15) is 43.0 Å². The Kier molecular flexibility index (Phi) is 7.43. The lowest BCUT2D eigenvalue weighted by Gasteiger charge is -2.22. The molecule has 7 heteroatoms. The fraction of sp³-hybridized carbons (Fsp3) is 0.310. The summed E-state index contributed by atoms with van der Waals surface area (Å²) in [4.78, 5) is 1.45. The molecule has 0 aliphatic rings. The summed E-state index contributed by atoms with van der Waals surface area (Å²) in [6.45, 7) is 12.6. The molecule has 4 rings (SSSR count). The molecule has 1 aromatic heterocycles. The van der Waals surface area contributed by atoms with Gasteiger partial charge in [0.25, 0.3) is 0 Å². The van der Waals surface area contributed by atoms with Crippen LogP contribution in [-0.2, 0) is 16.8 Å². The van der Waals surface area contributed by atoms with Crippen LogP contribution in [0.4, 0.5) is 0 Å². The number of ether oxygens (including phenoxy) is 2. The van der Waals surface area contributed by atoms with Crippen LogP contribution in [0.5, 0.6) is 11.5 Å². The Balaban J connectivity index is 1.39. The van der Waals surface area contributed by atoms with Crippen molar-refractivity contribution in [2.45, 2.75) is 45.8 Å². The third-order valence-corrected chi connectivity index (χ3v) is 5.85. The van der Waals surface area contributed by atoms with Gasteiger partial charge in [-0.05, 0) is 47.2 Å². The van der Waals surface area contributed by atoms with Crippen molar-refractivity contribution < 1.29 is 19.7 Å². The second-order valence-corrected chi connectivity index (χ2v) is 10.00. The van der Waals surface area contributed by atoms with Gasteiger partial charge in [-0.2, -0.15) is 0 Å². The van der Waals surface area contributed by atoms with E-state index < -0.39 is 6.10 Å². The number of rotatable bonds is 9. The predicted molar refractivity (Wildman–Crippen MR) is 142 cm³/mol. The molecule has 0 aliphatic heterocycles. The Morgan fingerprint density at radius 1 is 1.00 bits per heavy atom. The Hall–Kier alpha value is -3.68. The highest BCUT2D eigenvalue weighted by Gasteiger charge is 2.22. The van der Waals surface area contributed by atoms with E-state index in [4.69, 9.17) is 9.47 Å². The van der Waals surface area contributed by atoms with E-state index in [1.165, 1.54) is 4.80 Å². The molecule has 0 aliphatic carbocycles. The molecule has 1 atom stereocenters. The molecule has 0 amide bonds. The monoisotopic (exact) mass is 487 g/mol. The molecule has 0 bridgehead atoms. The number of aromatic nitrogens is 3. The first-order valence-electron chi connectivity index (χ1n) is 12.0. The molecule has 2 N–H and O–H groups in total. The quantitative estimate of drug-likeness (QED) is 0.332. The normalized spacial score (nSPS) is 12.6. The van der Waals surface area contributed by atoms with Crippen molar-refractivity contribution in [2.24, 2.45) is 0 Å². The summed E-state index contributed by atoms with van der Waals surface area (Å²) in [5, 5.41) is 30.3. The summed E-state index contributed by atoms with van der Waals surface area (Å²) in [5.41, 5.74) is 5.54. The van der Waals surface area contributed by atoms with Gasteiger partial charge in [-0.1, -0.05) is 63.8 Å². The number of fused-ring (bicyclic) bond motifs is 1. The lowest BCUT2D eigenvalue weighted by molar-refractivity contribution is 0.00551. The number of hydrogen-bond donors (Lipinski definition) is 2. The summed E-state index contributed by atoms with van der Waals surface area (Å²) in [6, 6.07) is 17.1. The van der Waals surface area contributed by atoms with E-state index in [-0.39, 0.29) is 24.4 Å². The first-order chi connectivity index (χ1) is 17.1. The molecule has 36 heavy (non-hydrogen) atoms. The maximum atomic E-state index is 10.9. The summed E-state index contributed by atoms with van der Waals surface area (Å²) in [5.74, 6) is 0.738. The van der Waals surface area contributed by atoms with Crippen LogP contribution in [0.2, 0.25) is 0 Å². The average molecular weight is 488 g/mol. The Morgan fingerprint density at radius 3 is 2.42 bits per heavy atom. The summed E-state index contributed by atoms with van der Waals surface area (Å²) >= 11 is 0. The minimum absolute atomic E-state index is 0.0860. The molecule has 0 saturated carbocycles. The molecular formula is C29H33N3O4. The molecule has 0 radical (unpaired) electrons. The highest BCUT2D eigenvalue weighted by molar-refractivity contribution is 5.76. The Morgan fingerprint density at radius 2 is 1.72 bits per heavy atom. The summed E-state index contributed by atoms with van der Waals surface area (Å²) in [6.07, 6.45) is 1.02. The Labute approximate surface area is 211 Å². The van der Waals surface area contributed by atoms with Crippen molar-refractivity contribution in [3.05, 3.63) is 83.4 Å². The predicted octanol–water partition coefficient (Wildman–Crippen LogP) is 5.33. The van der Waals surface area contributed by atoms with Gasteiger partial charge in [0.2, 0.25) is 0 Å². The second kappa shape index (κ2) is 10.5. The molecule has 0 fully saturated rings. The van der Waals surface area contributed by atoms with E-state index in [9.17, 15) is 10.2 Å². The van der Waals surface area contributed by atoms with Crippen LogP contribution >= 0.6 is 0 Å². The summed E-state index contributed by atoms with van der Waals surface area (Å²) in [7, 11) is 0. The molecule has 1 unspecified atom stereocenters. The third kappa shape index (κ3) is 5.93. The van der Waals surface area contributed by atoms with Crippen molar-refractivity contribution in [3.8, 4) is 17.2 Å². The second-order valence-electron chi connectivity index (χ2n) is 10.00. The zero-order chi connectivity index (χ0) is 25.9. The lowest BCUT2D eigenvalue weighted by Crippen LogP contribution is -2.23. The minimum atomic E-state index is -0.774. The van der Waals surface area contributed by atoms with Gasteiger partial charge in [-0.3, -0.25) is 0 Å². The number of aliphatic hydroxyl groups excluding tert-OH is 1. The third-order valence-electron chi connectivity index (χ3n) is 5.85. The first kappa shape index (κ1) is 25.4. The van der Waals surface area contributed by atoms with Crippen LogP contribution in [0.3, 0.4) is 0 Å². The van der Waals surface area contributed by atoms with Gasteiger partial charge in [-0.25, -0.2) is 0 Å². The molecule has 0 saturated heterocycles. The molecular weight excluding hydrogens is 454 g/mol. The number of aliphatic hydroxyl groups is 1. The lowest BCUT2D eigenvalue weighted by atomic mass is 9.85. The van der Waals surface area contributed by atoms with Gasteiger partial charge in [0.15, 0.2) is 0 Å². The summed E-state index contributed by atoms with van der Waals surface area (Å²) < 4.78 is 11.4. The van der Waals surface area contributed by atoms with E-state index in [2.05, 4.69) is 37.5 Å². The van der Waals surface area contributed by atoms with Crippen LogP contribution in [0, 0.1) is 6.92 Å². The van der Waals surface area contributed by atoms with E-state index >= 15 is 0 Å².